The molecule has 1 fully saturated rings. The summed E-state index contributed by atoms with van der Waals surface area (Å²) in [5, 5.41) is 0. The molecule has 3 aromatic heterocycles. The second-order valence-corrected chi connectivity index (χ2v) is 5.88. The molecule has 0 bridgehead atoms. The van der Waals surface area contributed by atoms with Gasteiger partial charge in [-0.2, -0.15) is 0 Å². The summed E-state index contributed by atoms with van der Waals surface area (Å²) >= 11 is 0. The van der Waals surface area contributed by atoms with Crippen molar-refractivity contribution < 1.29 is 0 Å². The lowest BCUT2D eigenvalue weighted by Gasteiger charge is -2.18. The van der Waals surface area contributed by atoms with Gasteiger partial charge in [-0.05, 0) is 30.7 Å². The van der Waals surface area contributed by atoms with E-state index in [4.69, 9.17) is 15.7 Å². The van der Waals surface area contributed by atoms with Crippen molar-refractivity contribution in [3.05, 3.63) is 55.0 Å². The summed E-state index contributed by atoms with van der Waals surface area (Å²) in [6.07, 6.45) is 6.25. The Balaban J connectivity index is 1.82. The van der Waals surface area contributed by atoms with Crippen LogP contribution in [0.3, 0.4) is 0 Å². The normalized spacial score (nSPS) is 17.2. The van der Waals surface area contributed by atoms with E-state index < -0.39 is 0 Å². The Morgan fingerprint density at radius 3 is 2.58 bits per heavy atom. The van der Waals surface area contributed by atoms with Gasteiger partial charge in [0.2, 0.25) is 0 Å². The SMILES string of the molecule is NC1CCN(c2cc(-c3ccccn3)nc(-c3ccncc3)n2)C1. The van der Waals surface area contributed by atoms with E-state index >= 15 is 0 Å². The van der Waals surface area contributed by atoms with Crippen molar-refractivity contribution in [1.29, 1.82) is 0 Å². The van der Waals surface area contributed by atoms with Crippen molar-refractivity contribution in [3.63, 3.8) is 0 Å². The van der Waals surface area contributed by atoms with E-state index in [9.17, 15) is 0 Å². The fourth-order valence-corrected chi connectivity index (χ4v) is 2.87. The van der Waals surface area contributed by atoms with E-state index in [0.717, 1.165) is 42.3 Å². The third kappa shape index (κ3) is 2.96. The first-order valence-electron chi connectivity index (χ1n) is 8.01. The molecule has 4 heterocycles. The molecule has 24 heavy (non-hydrogen) atoms. The first-order valence-corrected chi connectivity index (χ1v) is 8.01. The van der Waals surface area contributed by atoms with E-state index in [2.05, 4.69) is 14.9 Å². The highest BCUT2D eigenvalue weighted by Gasteiger charge is 2.22. The van der Waals surface area contributed by atoms with Crippen LogP contribution in [-0.4, -0.2) is 39.1 Å². The van der Waals surface area contributed by atoms with E-state index in [0.29, 0.717) is 5.82 Å². The van der Waals surface area contributed by atoms with Crippen molar-refractivity contribution >= 4 is 5.82 Å². The molecule has 4 rings (SSSR count). The fraction of sp³-hybridized carbons (Fsp3) is 0.222. The van der Waals surface area contributed by atoms with Crippen molar-refractivity contribution in [2.45, 2.75) is 12.5 Å². The number of anilines is 1. The minimum atomic E-state index is 0.197. The molecule has 0 spiro atoms. The maximum Gasteiger partial charge on any atom is 0.162 e. The molecular weight excluding hydrogens is 300 g/mol. The number of hydrogen-bond donors (Lipinski definition) is 1. The zero-order valence-electron chi connectivity index (χ0n) is 13.2. The molecule has 1 unspecified atom stereocenters. The summed E-state index contributed by atoms with van der Waals surface area (Å²) in [5.41, 5.74) is 8.64. The van der Waals surface area contributed by atoms with Gasteiger partial charge < -0.3 is 10.6 Å². The lowest BCUT2D eigenvalue weighted by atomic mass is 10.2. The monoisotopic (exact) mass is 318 g/mol. The molecule has 120 valence electrons. The minimum Gasteiger partial charge on any atom is -0.355 e. The van der Waals surface area contributed by atoms with Crippen LogP contribution >= 0.6 is 0 Å². The zero-order chi connectivity index (χ0) is 16.4. The third-order valence-electron chi connectivity index (χ3n) is 4.13. The molecule has 3 aromatic rings. The summed E-state index contributed by atoms with van der Waals surface area (Å²) in [6.45, 7) is 1.73. The summed E-state index contributed by atoms with van der Waals surface area (Å²) in [5.74, 6) is 1.57. The lowest BCUT2D eigenvalue weighted by molar-refractivity contribution is 0.751. The van der Waals surface area contributed by atoms with Gasteiger partial charge in [0.05, 0.1) is 11.4 Å². The van der Waals surface area contributed by atoms with Crippen LogP contribution in [0.4, 0.5) is 5.82 Å². The Labute approximate surface area is 140 Å². The highest BCUT2D eigenvalue weighted by Crippen LogP contribution is 2.26. The van der Waals surface area contributed by atoms with Crippen molar-refractivity contribution in [2.24, 2.45) is 5.73 Å². The van der Waals surface area contributed by atoms with E-state index in [1.54, 1.807) is 18.6 Å². The van der Waals surface area contributed by atoms with Gasteiger partial charge in [-0.15, -0.1) is 0 Å². The molecule has 0 aromatic carbocycles. The van der Waals surface area contributed by atoms with Crippen LogP contribution in [0.25, 0.3) is 22.8 Å². The van der Waals surface area contributed by atoms with Crippen LogP contribution in [0.2, 0.25) is 0 Å². The van der Waals surface area contributed by atoms with Gasteiger partial charge >= 0.3 is 0 Å². The first-order chi connectivity index (χ1) is 11.8. The highest BCUT2D eigenvalue weighted by molar-refractivity contribution is 5.65. The Kier molecular flexibility index (Phi) is 3.88. The van der Waals surface area contributed by atoms with Gasteiger partial charge in [-0.3, -0.25) is 9.97 Å². The average Bonchev–Trinajstić information content (AvgIpc) is 3.09. The molecule has 0 amide bonds. The summed E-state index contributed by atoms with van der Waals surface area (Å²) in [6, 6.07) is 11.8. The largest absolute Gasteiger partial charge is 0.355 e. The Bertz CT molecular complexity index is 764. The molecule has 0 saturated carbocycles. The molecule has 1 aliphatic rings. The Morgan fingerprint density at radius 2 is 1.88 bits per heavy atom. The van der Waals surface area contributed by atoms with Crippen molar-refractivity contribution in [2.75, 3.05) is 18.0 Å². The lowest BCUT2D eigenvalue weighted by Crippen LogP contribution is -2.27. The molecule has 0 aliphatic carbocycles. The number of nitrogens with zero attached hydrogens (tertiary/aromatic N) is 5. The van der Waals surface area contributed by atoms with E-state index in [1.165, 1.54) is 0 Å². The Hall–Kier alpha value is -2.86. The van der Waals surface area contributed by atoms with Gasteiger partial charge in [0, 0.05) is 49.4 Å². The number of aromatic nitrogens is 4. The summed E-state index contributed by atoms with van der Waals surface area (Å²) in [7, 11) is 0. The number of hydrogen-bond acceptors (Lipinski definition) is 6. The highest BCUT2D eigenvalue weighted by atomic mass is 15.2. The Morgan fingerprint density at radius 1 is 1.00 bits per heavy atom. The second kappa shape index (κ2) is 6.33. The number of rotatable bonds is 3. The third-order valence-corrected chi connectivity index (χ3v) is 4.13. The fourth-order valence-electron chi connectivity index (χ4n) is 2.87. The molecule has 0 radical (unpaired) electrons. The molecule has 6 nitrogen and oxygen atoms in total. The summed E-state index contributed by atoms with van der Waals surface area (Å²) in [4.78, 5) is 20.2. The van der Waals surface area contributed by atoms with Crippen LogP contribution in [0.5, 0.6) is 0 Å². The molecule has 1 aliphatic heterocycles. The molecule has 2 N–H and O–H groups in total. The van der Waals surface area contributed by atoms with Crippen LogP contribution in [0.15, 0.2) is 55.0 Å². The molecule has 6 heteroatoms. The van der Waals surface area contributed by atoms with Gasteiger partial charge in [-0.25, -0.2) is 9.97 Å². The van der Waals surface area contributed by atoms with Crippen LogP contribution in [0, 0.1) is 0 Å². The van der Waals surface area contributed by atoms with Crippen LogP contribution < -0.4 is 10.6 Å². The predicted molar refractivity (Wildman–Crippen MR) is 93.3 cm³/mol. The van der Waals surface area contributed by atoms with Gasteiger partial charge in [-0.1, -0.05) is 6.07 Å². The van der Waals surface area contributed by atoms with Gasteiger partial charge in [0.25, 0.3) is 0 Å². The smallest absolute Gasteiger partial charge is 0.162 e. The molecular formula is C18H18N6. The number of nitrogens with two attached hydrogens (primary N) is 1. The molecule has 1 atom stereocenters. The van der Waals surface area contributed by atoms with E-state index in [-0.39, 0.29) is 6.04 Å². The maximum absolute atomic E-state index is 6.06. The summed E-state index contributed by atoms with van der Waals surface area (Å²) < 4.78 is 0. The molecule has 1 saturated heterocycles. The van der Waals surface area contributed by atoms with Crippen molar-refractivity contribution in [3.8, 4) is 22.8 Å². The number of pyridine rings is 2. The average molecular weight is 318 g/mol. The second-order valence-electron chi connectivity index (χ2n) is 5.88. The van der Waals surface area contributed by atoms with E-state index in [1.807, 2.05) is 36.4 Å². The quantitative estimate of drug-likeness (QED) is 0.797. The minimum absolute atomic E-state index is 0.197. The van der Waals surface area contributed by atoms with Gasteiger partial charge in [0.1, 0.15) is 5.82 Å². The van der Waals surface area contributed by atoms with Crippen LogP contribution in [0.1, 0.15) is 6.42 Å². The first kappa shape index (κ1) is 14.7. The van der Waals surface area contributed by atoms with Gasteiger partial charge in [0.15, 0.2) is 5.82 Å². The zero-order valence-corrected chi connectivity index (χ0v) is 13.2. The predicted octanol–water partition coefficient (Wildman–Crippen LogP) is 2.14. The van der Waals surface area contributed by atoms with Crippen LogP contribution in [-0.2, 0) is 0 Å². The standard InChI is InChI=1S/C18H18N6/c19-14-6-10-24(12-14)17-11-16(15-3-1-2-7-21-15)22-18(23-17)13-4-8-20-9-5-13/h1-5,7-9,11,14H,6,10,12,19H2. The topological polar surface area (TPSA) is 80.8 Å². The van der Waals surface area contributed by atoms with Crippen molar-refractivity contribution in [1.82, 2.24) is 19.9 Å². The maximum atomic E-state index is 6.06.